The van der Waals surface area contributed by atoms with Crippen LogP contribution in [0.4, 0.5) is 0 Å². The van der Waals surface area contributed by atoms with Crippen LogP contribution in [-0.4, -0.2) is 121 Å². The Bertz CT molecular complexity index is 573. The highest BCUT2D eigenvalue weighted by Crippen LogP contribution is 2.25. The molecule has 1 atom stereocenters. The van der Waals surface area contributed by atoms with Crippen molar-refractivity contribution in [2.24, 2.45) is 5.92 Å². The number of piperidine rings is 2. The molecule has 0 saturated carbocycles. The van der Waals surface area contributed by atoms with E-state index in [1.165, 1.54) is 24.6 Å². The smallest absolute Gasteiger partial charge is 0.227 e. The van der Waals surface area contributed by atoms with Gasteiger partial charge in [-0.05, 0) is 25.7 Å². The van der Waals surface area contributed by atoms with Crippen LogP contribution in [0.5, 0.6) is 0 Å². The van der Waals surface area contributed by atoms with Crippen molar-refractivity contribution in [2.45, 2.75) is 38.1 Å². The lowest BCUT2D eigenvalue weighted by atomic mass is 9.94. The van der Waals surface area contributed by atoms with Crippen molar-refractivity contribution in [3.8, 4) is 0 Å². The van der Waals surface area contributed by atoms with Crippen LogP contribution in [0.2, 0.25) is 0 Å². The molecular formula is C22H38N4O3S. The van der Waals surface area contributed by atoms with E-state index in [1.54, 1.807) is 0 Å². The van der Waals surface area contributed by atoms with Gasteiger partial charge in [0.05, 0.1) is 19.1 Å². The van der Waals surface area contributed by atoms with Crippen molar-refractivity contribution in [1.82, 2.24) is 19.6 Å². The van der Waals surface area contributed by atoms with Crippen LogP contribution in [-0.2, 0) is 14.3 Å². The molecule has 4 fully saturated rings. The Balaban J connectivity index is 1.20. The third-order valence-electron chi connectivity index (χ3n) is 7.19. The molecule has 4 rings (SSSR count). The quantitative estimate of drug-likeness (QED) is 0.616. The van der Waals surface area contributed by atoms with E-state index in [0.717, 1.165) is 78.2 Å². The summed E-state index contributed by atoms with van der Waals surface area (Å²) in [4.78, 5) is 34.6. The number of hydrogen-bond acceptors (Lipinski definition) is 6. The lowest BCUT2D eigenvalue weighted by Crippen LogP contribution is -2.52. The normalized spacial score (nSPS) is 28.1. The molecule has 0 unspecified atom stereocenters. The Morgan fingerprint density at radius 1 is 0.967 bits per heavy atom. The number of amides is 2. The molecule has 0 aromatic heterocycles. The summed E-state index contributed by atoms with van der Waals surface area (Å²) in [5, 5.41) is 0. The Morgan fingerprint density at radius 2 is 1.70 bits per heavy atom. The first-order valence-corrected chi connectivity index (χ1v) is 13.0. The first-order chi connectivity index (χ1) is 14.7. The van der Waals surface area contributed by atoms with Crippen LogP contribution in [0.25, 0.3) is 0 Å². The number of likely N-dealkylation sites (tertiary alicyclic amines) is 2. The van der Waals surface area contributed by atoms with Gasteiger partial charge in [0.2, 0.25) is 11.8 Å². The van der Waals surface area contributed by atoms with Crippen LogP contribution >= 0.6 is 11.8 Å². The van der Waals surface area contributed by atoms with Crippen molar-refractivity contribution in [1.29, 1.82) is 0 Å². The van der Waals surface area contributed by atoms with Gasteiger partial charge in [0.25, 0.3) is 0 Å². The topological polar surface area (TPSA) is 56.3 Å². The van der Waals surface area contributed by atoms with Crippen LogP contribution in [0.3, 0.4) is 0 Å². The maximum Gasteiger partial charge on any atom is 0.227 e. The van der Waals surface area contributed by atoms with E-state index in [9.17, 15) is 9.59 Å². The Morgan fingerprint density at radius 3 is 2.43 bits per heavy atom. The molecule has 0 aromatic carbocycles. The number of nitrogens with zero attached hydrogens (tertiary/aromatic N) is 4. The van der Waals surface area contributed by atoms with Gasteiger partial charge in [-0.1, -0.05) is 0 Å². The second-order valence-electron chi connectivity index (χ2n) is 9.09. The van der Waals surface area contributed by atoms with Crippen molar-refractivity contribution in [2.75, 3.05) is 83.6 Å². The monoisotopic (exact) mass is 438 g/mol. The van der Waals surface area contributed by atoms with E-state index in [2.05, 4.69) is 26.5 Å². The largest absolute Gasteiger partial charge is 0.379 e. The average Bonchev–Trinajstić information content (AvgIpc) is 2.81. The van der Waals surface area contributed by atoms with Gasteiger partial charge in [-0.3, -0.25) is 19.4 Å². The third-order valence-corrected chi connectivity index (χ3v) is 8.14. The molecule has 8 heteroatoms. The van der Waals surface area contributed by atoms with E-state index in [0.29, 0.717) is 19.0 Å². The minimum Gasteiger partial charge on any atom is -0.379 e. The molecule has 0 spiro atoms. The molecule has 0 aromatic rings. The van der Waals surface area contributed by atoms with Crippen molar-refractivity contribution in [3.63, 3.8) is 0 Å². The number of morpholine rings is 1. The summed E-state index contributed by atoms with van der Waals surface area (Å²) in [6, 6.07) is 0.652. The Labute approximate surface area is 185 Å². The van der Waals surface area contributed by atoms with Gasteiger partial charge in [-0.15, -0.1) is 0 Å². The molecule has 4 saturated heterocycles. The molecule has 170 valence electrons. The molecule has 0 N–H and O–H groups in total. The summed E-state index contributed by atoms with van der Waals surface area (Å²) >= 11 is 2.05. The third kappa shape index (κ3) is 5.90. The number of carbonyl (C=O) groups is 2. The van der Waals surface area contributed by atoms with E-state index < -0.39 is 0 Å². The number of thioether (sulfide) groups is 1. The summed E-state index contributed by atoms with van der Waals surface area (Å²) in [5.74, 6) is 3.00. The first kappa shape index (κ1) is 22.4. The number of ether oxygens (including phenoxy) is 1. The molecule has 4 aliphatic rings. The summed E-state index contributed by atoms with van der Waals surface area (Å²) in [7, 11) is 0. The molecule has 0 aliphatic carbocycles. The second-order valence-corrected chi connectivity index (χ2v) is 10.3. The second kappa shape index (κ2) is 11.2. The fourth-order valence-electron chi connectivity index (χ4n) is 5.29. The molecule has 2 amide bonds. The zero-order valence-corrected chi connectivity index (χ0v) is 19.1. The molecule has 30 heavy (non-hydrogen) atoms. The first-order valence-electron chi connectivity index (χ1n) is 11.9. The number of hydrogen-bond donors (Lipinski definition) is 0. The number of carbonyl (C=O) groups excluding carboxylic acids is 2. The molecule has 4 heterocycles. The number of rotatable bonds is 6. The van der Waals surface area contributed by atoms with Gasteiger partial charge >= 0.3 is 0 Å². The van der Waals surface area contributed by atoms with Gasteiger partial charge < -0.3 is 14.5 Å². The van der Waals surface area contributed by atoms with E-state index in [1.807, 2.05) is 4.90 Å². The fraction of sp³-hybridized carbons (Fsp3) is 0.909. The maximum absolute atomic E-state index is 13.2. The molecule has 0 bridgehead atoms. The Hall–Kier alpha value is -0.830. The van der Waals surface area contributed by atoms with Gasteiger partial charge in [-0.2, -0.15) is 11.8 Å². The van der Waals surface area contributed by atoms with Crippen LogP contribution < -0.4 is 0 Å². The van der Waals surface area contributed by atoms with Gasteiger partial charge in [0, 0.05) is 82.9 Å². The van der Waals surface area contributed by atoms with E-state index in [4.69, 9.17) is 4.74 Å². The SMILES string of the molecule is O=C1CC[C@H](C(=O)N2CCC(N3CCSCC3)CC2)CN1CCCN1CCOCC1. The molecular weight excluding hydrogens is 400 g/mol. The van der Waals surface area contributed by atoms with Crippen LogP contribution in [0, 0.1) is 5.92 Å². The van der Waals surface area contributed by atoms with Crippen molar-refractivity contribution < 1.29 is 14.3 Å². The summed E-state index contributed by atoms with van der Waals surface area (Å²) in [6.07, 6.45) is 4.43. The van der Waals surface area contributed by atoms with Crippen molar-refractivity contribution >= 4 is 23.6 Å². The van der Waals surface area contributed by atoms with E-state index in [-0.39, 0.29) is 17.7 Å². The van der Waals surface area contributed by atoms with E-state index >= 15 is 0 Å². The highest BCUT2D eigenvalue weighted by Gasteiger charge is 2.35. The molecule has 0 radical (unpaired) electrons. The van der Waals surface area contributed by atoms with Gasteiger partial charge in [-0.25, -0.2) is 0 Å². The lowest BCUT2D eigenvalue weighted by molar-refractivity contribution is -0.144. The lowest BCUT2D eigenvalue weighted by Gasteiger charge is -2.41. The minimum atomic E-state index is -0.00553. The predicted molar refractivity (Wildman–Crippen MR) is 120 cm³/mol. The zero-order chi connectivity index (χ0) is 20.8. The summed E-state index contributed by atoms with van der Waals surface area (Å²) in [6.45, 7) is 10.2. The zero-order valence-electron chi connectivity index (χ0n) is 18.3. The maximum atomic E-state index is 13.2. The predicted octanol–water partition coefficient (Wildman–Crippen LogP) is 0.987. The molecule has 4 aliphatic heterocycles. The van der Waals surface area contributed by atoms with Crippen LogP contribution in [0.15, 0.2) is 0 Å². The fourth-order valence-corrected chi connectivity index (χ4v) is 6.23. The van der Waals surface area contributed by atoms with Gasteiger partial charge in [0.1, 0.15) is 0 Å². The average molecular weight is 439 g/mol. The standard InChI is InChI=1S/C22H38N4O3S/c27-21-3-2-19(18-26(21)7-1-6-23-10-14-29-15-11-23)22(28)25-8-4-20(5-9-25)24-12-16-30-17-13-24/h19-20H,1-18H2/t19-/m0/s1. The highest BCUT2D eigenvalue weighted by molar-refractivity contribution is 7.99. The summed E-state index contributed by atoms with van der Waals surface area (Å²) in [5.41, 5.74) is 0. The van der Waals surface area contributed by atoms with Gasteiger partial charge in [0.15, 0.2) is 0 Å². The minimum absolute atomic E-state index is 0.00553. The highest BCUT2D eigenvalue weighted by atomic mass is 32.2. The van der Waals surface area contributed by atoms with Crippen molar-refractivity contribution in [3.05, 3.63) is 0 Å². The Kier molecular flexibility index (Phi) is 8.32. The van der Waals surface area contributed by atoms with Crippen LogP contribution in [0.1, 0.15) is 32.1 Å². The summed E-state index contributed by atoms with van der Waals surface area (Å²) < 4.78 is 5.40. The molecule has 7 nitrogen and oxygen atoms in total.